The Hall–Kier alpha value is -3.21. The van der Waals surface area contributed by atoms with Gasteiger partial charge in [0.25, 0.3) is 0 Å². The third kappa shape index (κ3) is 3.82. The maximum atomic E-state index is 12.4. The van der Waals surface area contributed by atoms with E-state index in [1.165, 1.54) is 17.7 Å². The van der Waals surface area contributed by atoms with E-state index in [1.807, 2.05) is 48.7 Å². The number of nitrogens with zero attached hydrogens (tertiary/aromatic N) is 1. The zero-order valence-electron chi connectivity index (χ0n) is 14.3. The van der Waals surface area contributed by atoms with Gasteiger partial charge in [-0.15, -0.1) is 13.2 Å². The number of para-hydroxylation sites is 1. The Bertz CT molecular complexity index is 1050. The zero-order chi connectivity index (χ0) is 18.9. The Balaban J connectivity index is 1.72. The molecule has 0 saturated heterocycles. The third-order valence-electron chi connectivity index (χ3n) is 4.38. The lowest BCUT2D eigenvalue weighted by Crippen LogP contribution is -2.16. The van der Waals surface area contributed by atoms with Gasteiger partial charge in [-0.1, -0.05) is 60.7 Å². The Morgan fingerprint density at radius 3 is 2.15 bits per heavy atom. The highest BCUT2D eigenvalue weighted by atomic mass is 19.4. The Kier molecular flexibility index (Phi) is 4.36. The number of halogens is 3. The number of fused-ring (bicyclic) bond motifs is 1. The molecule has 0 amide bonds. The molecule has 4 aromatic rings. The van der Waals surface area contributed by atoms with Crippen LogP contribution >= 0.6 is 0 Å². The van der Waals surface area contributed by atoms with Crippen LogP contribution in [0.15, 0.2) is 85.1 Å². The molecule has 1 heterocycles. The summed E-state index contributed by atoms with van der Waals surface area (Å²) < 4.78 is 43.2. The van der Waals surface area contributed by atoms with Gasteiger partial charge < -0.3 is 9.30 Å². The molecule has 0 radical (unpaired) electrons. The molecule has 27 heavy (non-hydrogen) atoms. The van der Waals surface area contributed by atoms with E-state index in [0.29, 0.717) is 0 Å². The van der Waals surface area contributed by atoms with Crippen molar-refractivity contribution in [3.8, 4) is 16.9 Å². The molecule has 0 unspecified atom stereocenters. The lowest BCUT2D eigenvalue weighted by molar-refractivity contribution is -0.274. The number of hydrogen-bond donors (Lipinski definition) is 0. The van der Waals surface area contributed by atoms with Gasteiger partial charge in [-0.2, -0.15) is 0 Å². The maximum absolute atomic E-state index is 12.4. The van der Waals surface area contributed by atoms with Crippen molar-refractivity contribution in [2.45, 2.75) is 12.9 Å². The average Bonchev–Trinajstić information content (AvgIpc) is 3.01. The largest absolute Gasteiger partial charge is 0.573 e. The van der Waals surface area contributed by atoms with Crippen LogP contribution in [-0.4, -0.2) is 10.9 Å². The number of hydrogen-bond acceptors (Lipinski definition) is 1. The Morgan fingerprint density at radius 1 is 0.778 bits per heavy atom. The molecule has 0 aliphatic heterocycles. The van der Waals surface area contributed by atoms with Crippen LogP contribution in [-0.2, 0) is 6.54 Å². The maximum Gasteiger partial charge on any atom is 0.573 e. The molecule has 136 valence electrons. The molecule has 0 bridgehead atoms. The Morgan fingerprint density at radius 2 is 1.44 bits per heavy atom. The summed E-state index contributed by atoms with van der Waals surface area (Å²) in [7, 11) is 0. The summed E-state index contributed by atoms with van der Waals surface area (Å²) in [4.78, 5) is 0. The van der Waals surface area contributed by atoms with E-state index in [2.05, 4.69) is 21.4 Å². The molecule has 0 saturated carbocycles. The summed E-state index contributed by atoms with van der Waals surface area (Å²) in [5, 5.41) is 1.05. The normalized spacial score (nSPS) is 11.7. The van der Waals surface area contributed by atoms with Gasteiger partial charge in [0.05, 0.1) is 0 Å². The van der Waals surface area contributed by atoms with Gasteiger partial charge in [-0.25, -0.2) is 0 Å². The molecule has 0 aliphatic carbocycles. The molecule has 4 rings (SSSR count). The molecule has 0 fully saturated rings. The molecule has 5 heteroatoms. The average molecular weight is 367 g/mol. The van der Waals surface area contributed by atoms with Crippen molar-refractivity contribution in [1.82, 2.24) is 4.57 Å². The summed E-state index contributed by atoms with van der Waals surface area (Å²) in [6.07, 6.45) is -2.65. The van der Waals surface area contributed by atoms with Crippen molar-refractivity contribution < 1.29 is 17.9 Å². The van der Waals surface area contributed by atoms with Crippen LogP contribution in [0.2, 0.25) is 0 Å². The van der Waals surface area contributed by atoms with Crippen molar-refractivity contribution in [2.24, 2.45) is 0 Å². The number of aromatic nitrogens is 1. The fraction of sp³-hybridized carbons (Fsp3) is 0.0909. The topological polar surface area (TPSA) is 14.2 Å². The molecule has 0 atom stereocenters. The van der Waals surface area contributed by atoms with Crippen LogP contribution in [0.4, 0.5) is 13.2 Å². The van der Waals surface area contributed by atoms with E-state index in [9.17, 15) is 13.2 Å². The second-order valence-electron chi connectivity index (χ2n) is 6.25. The van der Waals surface area contributed by atoms with E-state index in [-0.39, 0.29) is 5.75 Å². The molecule has 0 N–H and O–H groups in total. The van der Waals surface area contributed by atoms with Gasteiger partial charge in [0.1, 0.15) is 5.75 Å². The number of benzene rings is 3. The molecule has 3 aromatic carbocycles. The van der Waals surface area contributed by atoms with Gasteiger partial charge in [0.15, 0.2) is 0 Å². The third-order valence-corrected chi connectivity index (χ3v) is 4.38. The first kappa shape index (κ1) is 17.2. The van der Waals surface area contributed by atoms with Gasteiger partial charge >= 0.3 is 6.36 Å². The first-order valence-corrected chi connectivity index (χ1v) is 8.47. The van der Waals surface area contributed by atoms with Crippen LogP contribution in [0.25, 0.3) is 22.0 Å². The van der Waals surface area contributed by atoms with Crippen molar-refractivity contribution in [1.29, 1.82) is 0 Å². The molecular weight excluding hydrogens is 351 g/mol. The summed E-state index contributed by atoms with van der Waals surface area (Å²) in [5.74, 6) is -0.223. The van der Waals surface area contributed by atoms with Crippen LogP contribution in [0.5, 0.6) is 5.75 Å². The minimum Gasteiger partial charge on any atom is -0.406 e. The second kappa shape index (κ2) is 6.83. The second-order valence-corrected chi connectivity index (χ2v) is 6.25. The summed E-state index contributed by atoms with van der Waals surface area (Å²) in [6, 6.07) is 24.1. The van der Waals surface area contributed by atoms with Crippen molar-refractivity contribution in [3.63, 3.8) is 0 Å². The van der Waals surface area contributed by atoms with E-state index in [4.69, 9.17) is 0 Å². The zero-order valence-corrected chi connectivity index (χ0v) is 14.3. The number of ether oxygens (including phenoxy) is 1. The van der Waals surface area contributed by atoms with Crippen LogP contribution in [0, 0.1) is 0 Å². The van der Waals surface area contributed by atoms with Gasteiger partial charge in [-0.05, 0) is 29.3 Å². The SMILES string of the molecule is FC(F)(F)Oc1ccc(-c2cn(Cc3ccccc3)c3ccccc23)cc1. The summed E-state index contributed by atoms with van der Waals surface area (Å²) >= 11 is 0. The predicted molar refractivity (Wildman–Crippen MR) is 99.6 cm³/mol. The molecule has 0 aliphatic rings. The predicted octanol–water partition coefficient (Wildman–Crippen LogP) is 6.26. The lowest BCUT2D eigenvalue weighted by atomic mass is 10.0. The van der Waals surface area contributed by atoms with Gasteiger partial charge in [0, 0.05) is 29.2 Å². The smallest absolute Gasteiger partial charge is 0.406 e. The first-order valence-electron chi connectivity index (χ1n) is 8.47. The van der Waals surface area contributed by atoms with Crippen LogP contribution in [0.3, 0.4) is 0 Å². The fourth-order valence-corrected chi connectivity index (χ4v) is 3.22. The van der Waals surface area contributed by atoms with Crippen LogP contribution in [0.1, 0.15) is 5.56 Å². The van der Waals surface area contributed by atoms with Crippen molar-refractivity contribution >= 4 is 10.9 Å². The highest BCUT2D eigenvalue weighted by molar-refractivity contribution is 5.96. The highest BCUT2D eigenvalue weighted by Gasteiger charge is 2.31. The van der Waals surface area contributed by atoms with Gasteiger partial charge in [-0.3, -0.25) is 0 Å². The van der Waals surface area contributed by atoms with Gasteiger partial charge in [0.2, 0.25) is 0 Å². The molecule has 0 spiro atoms. The van der Waals surface area contributed by atoms with E-state index in [1.54, 1.807) is 12.1 Å². The Labute approximate surface area is 154 Å². The highest BCUT2D eigenvalue weighted by Crippen LogP contribution is 2.33. The van der Waals surface area contributed by atoms with E-state index in [0.717, 1.165) is 28.6 Å². The summed E-state index contributed by atoms with van der Waals surface area (Å²) in [6.45, 7) is 0.719. The summed E-state index contributed by atoms with van der Waals surface area (Å²) in [5.41, 5.74) is 4.07. The lowest BCUT2D eigenvalue weighted by Gasteiger charge is -2.09. The number of alkyl halides is 3. The minimum absolute atomic E-state index is 0.223. The monoisotopic (exact) mass is 367 g/mol. The minimum atomic E-state index is -4.69. The first-order chi connectivity index (χ1) is 13.0. The quantitative estimate of drug-likeness (QED) is 0.415. The standard InChI is InChI=1S/C22H16F3NO/c23-22(24,25)27-18-12-10-17(11-13-18)20-15-26(14-16-6-2-1-3-7-16)21-9-5-4-8-19(20)21/h1-13,15H,14H2. The van der Waals surface area contributed by atoms with E-state index < -0.39 is 6.36 Å². The van der Waals surface area contributed by atoms with Crippen molar-refractivity contribution in [2.75, 3.05) is 0 Å². The molecule has 2 nitrogen and oxygen atoms in total. The van der Waals surface area contributed by atoms with E-state index >= 15 is 0 Å². The van der Waals surface area contributed by atoms with Crippen molar-refractivity contribution in [3.05, 3.63) is 90.6 Å². The molecular formula is C22H16F3NO. The van der Waals surface area contributed by atoms with Crippen LogP contribution < -0.4 is 4.74 Å². The molecule has 1 aromatic heterocycles. The number of rotatable bonds is 4. The fourth-order valence-electron chi connectivity index (χ4n) is 3.22.